The van der Waals surface area contributed by atoms with Gasteiger partial charge in [-0.2, -0.15) is 20.5 Å². The Morgan fingerprint density at radius 2 is 1.71 bits per heavy atom. The van der Waals surface area contributed by atoms with E-state index in [0.717, 1.165) is 31.2 Å². The molecule has 0 radical (unpaired) electrons. The van der Waals surface area contributed by atoms with Gasteiger partial charge in [-0.25, -0.2) is 4.79 Å². The van der Waals surface area contributed by atoms with E-state index in [1.807, 2.05) is 19.2 Å². The Bertz CT molecular complexity index is 1580. The topological polar surface area (TPSA) is 95.1 Å². The van der Waals surface area contributed by atoms with Gasteiger partial charge in [0, 0.05) is 23.2 Å². The number of carbonyl (C=O) groups excluding carboxylic acids is 2. The molecule has 3 aliphatic rings. The zero-order valence-electron chi connectivity index (χ0n) is 27.8. The van der Waals surface area contributed by atoms with Crippen molar-refractivity contribution in [3.63, 3.8) is 0 Å². The van der Waals surface area contributed by atoms with E-state index >= 15 is 0 Å². The molecule has 1 amide bonds. The normalized spacial score (nSPS) is 17.8. The van der Waals surface area contributed by atoms with Crippen molar-refractivity contribution >= 4 is 46.8 Å². The fourth-order valence-corrected chi connectivity index (χ4v) is 6.38. The molecule has 1 aliphatic heterocycles. The van der Waals surface area contributed by atoms with E-state index < -0.39 is 30.1 Å². The van der Waals surface area contributed by atoms with E-state index in [-0.39, 0.29) is 24.3 Å². The predicted molar refractivity (Wildman–Crippen MR) is 188 cm³/mol. The number of alkyl halides is 2. The first-order valence-corrected chi connectivity index (χ1v) is 18.5. The highest BCUT2D eigenvalue weighted by Crippen LogP contribution is 2.40. The van der Waals surface area contributed by atoms with Crippen molar-refractivity contribution in [1.82, 2.24) is 10.6 Å². The van der Waals surface area contributed by atoms with Crippen LogP contribution < -0.4 is 24.8 Å². The average molecular weight is 740 g/mol. The molecule has 2 saturated carbocycles. The monoisotopic (exact) mass is 738 g/mol. The fraction of sp³-hybridized carbons (Fsp3) is 0.500. The Labute approximate surface area is 300 Å². The highest BCUT2D eigenvalue weighted by atomic mass is 35.5. The van der Waals surface area contributed by atoms with Gasteiger partial charge >= 0.3 is 12.6 Å². The molecule has 2 atom stereocenters. The van der Waals surface area contributed by atoms with Crippen LogP contribution in [0, 0.1) is 18.8 Å². The molecule has 2 N–H and O–H groups in total. The highest BCUT2D eigenvalue weighted by Gasteiger charge is 2.39. The maximum Gasteiger partial charge on any atom is 0.387 e. The van der Waals surface area contributed by atoms with Gasteiger partial charge in [-0.3, -0.25) is 4.79 Å². The number of dihydropyridines is 1. The second-order valence-electron chi connectivity index (χ2n) is 13.0. The van der Waals surface area contributed by atoms with Crippen molar-refractivity contribution in [3.8, 4) is 17.2 Å². The smallest absolute Gasteiger partial charge is 0.387 e. The summed E-state index contributed by atoms with van der Waals surface area (Å²) >= 11 is 14.6. The summed E-state index contributed by atoms with van der Waals surface area (Å²) in [5.41, 5.74) is 0.839. The van der Waals surface area contributed by atoms with Crippen LogP contribution in [0.4, 0.5) is 8.78 Å². The molecule has 0 unspecified atom stereocenters. The van der Waals surface area contributed by atoms with E-state index in [2.05, 4.69) is 10.6 Å². The van der Waals surface area contributed by atoms with Crippen LogP contribution in [0.2, 0.25) is 0 Å². The van der Waals surface area contributed by atoms with Crippen LogP contribution in [-0.4, -0.2) is 55.8 Å². The first-order valence-electron chi connectivity index (χ1n) is 16.4. The number of aryl methyl sites for hydroxylation is 1. The van der Waals surface area contributed by atoms with Gasteiger partial charge in [-0.15, -0.1) is 0 Å². The molecule has 0 saturated heterocycles. The van der Waals surface area contributed by atoms with Gasteiger partial charge in [-0.05, 0) is 111 Å². The molecule has 0 aromatic heterocycles. The lowest BCUT2D eigenvalue weighted by atomic mass is 9.96. The largest absolute Gasteiger partial charge is 0.493 e. The lowest BCUT2D eigenvalue weighted by molar-refractivity contribution is -0.156. The fourth-order valence-electron chi connectivity index (χ4n) is 5.19. The second kappa shape index (κ2) is 16.7. The second-order valence-corrected chi connectivity index (χ2v) is 14.8. The van der Waals surface area contributed by atoms with Gasteiger partial charge in [0.05, 0.1) is 24.8 Å². The lowest BCUT2D eigenvalue weighted by Gasteiger charge is -2.32. The number of amides is 1. The van der Waals surface area contributed by atoms with Crippen molar-refractivity contribution in [2.45, 2.75) is 70.6 Å². The van der Waals surface area contributed by atoms with Gasteiger partial charge in [0.1, 0.15) is 17.4 Å². The Kier molecular flexibility index (Phi) is 12.7. The molecule has 0 spiro atoms. The van der Waals surface area contributed by atoms with Crippen LogP contribution >= 0.6 is 35.0 Å². The van der Waals surface area contributed by atoms with Crippen LogP contribution in [0.15, 0.2) is 58.2 Å². The number of carbonyl (C=O) groups is 2. The maximum atomic E-state index is 14.2. The standard InChI is InChI=1S/C36H42Cl2F2N2O6S/c1-21-4-9-25(15-30(21)45-19-22-5-6-22)33(43)42-36(2,12-13-49-3)34(44)47-31(16-26-27(37)17-41-18-28(26)38)24-10-11-29(48-35(39)40)32(14-24)46-20-23-7-8-23/h4,9-11,14-15,17,22-23,31,35,41H,5-8,12-13,16,18-20H2,1-3H3,(H,42,43)/t31-,36+/m0/s1. The van der Waals surface area contributed by atoms with Crippen LogP contribution in [0.3, 0.4) is 0 Å². The summed E-state index contributed by atoms with van der Waals surface area (Å²) in [6, 6.07) is 9.67. The molecule has 1 heterocycles. The number of rotatable bonds is 18. The van der Waals surface area contributed by atoms with Crippen molar-refractivity contribution in [1.29, 1.82) is 0 Å². The van der Waals surface area contributed by atoms with Gasteiger partial charge in [-0.1, -0.05) is 35.3 Å². The first-order chi connectivity index (χ1) is 23.5. The summed E-state index contributed by atoms with van der Waals surface area (Å²) in [6.07, 6.45) is 7.15. The van der Waals surface area contributed by atoms with Crippen molar-refractivity contribution in [3.05, 3.63) is 74.9 Å². The Hall–Kier alpha value is -3.15. The number of hydrogen-bond acceptors (Lipinski definition) is 8. The van der Waals surface area contributed by atoms with Crippen molar-refractivity contribution < 1.29 is 37.3 Å². The van der Waals surface area contributed by atoms with E-state index in [4.69, 9.17) is 42.1 Å². The molecule has 0 bridgehead atoms. The molecule has 2 aromatic carbocycles. The molecular weight excluding hydrogens is 697 g/mol. The van der Waals surface area contributed by atoms with E-state index in [1.165, 1.54) is 17.8 Å². The molecule has 13 heteroatoms. The van der Waals surface area contributed by atoms with Gasteiger partial charge in [0.2, 0.25) is 0 Å². The number of hydrogen-bond donors (Lipinski definition) is 2. The number of benzene rings is 2. The Morgan fingerprint density at radius 3 is 2.35 bits per heavy atom. The number of allylic oxidation sites excluding steroid dienone is 1. The van der Waals surface area contributed by atoms with E-state index in [0.29, 0.717) is 69.9 Å². The highest BCUT2D eigenvalue weighted by molar-refractivity contribution is 7.98. The molecule has 5 rings (SSSR count). The zero-order valence-corrected chi connectivity index (χ0v) is 30.1. The summed E-state index contributed by atoms with van der Waals surface area (Å²) in [6.45, 7) is 1.77. The van der Waals surface area contributed by atoms with Crippen LogP contribution in [-0.2, 0) is 9.53 Å². The third-order valence-corrected chi connectivity index (χ3v) is 10.0. The molecule has 8 nitrogen and oxygen atoms in total. The summed E-state index contributed by atoms with van der Waals surface area (Å²) < 4.78 is 49.4. The number of ether oxygens (including phenoxy) is 4. The number of nitrogens with one attached hydrogen (secondary N) is 2. The van der Waals surface area contributed by atoms with Crippen LogP contribution in [0.5, 0.6) is 17.2 Å². The van der Waals surface area contributed by atoms with Crippen molar-refractivity contribution in [2.24, 2.45) is 11.8 Å². The molecule has 2 aliphatic carbocycles. The lowest BCUT2D eigenvalue weighted by Crippen LogP contribution is -2.53. The number of halogens is 4. The molecule has 2 aromatic rings. The molecular formula is C36H42Cl2F2N2O6S. The van der Waals surface area contributed by atoms with Gasteiger partial charge in [0.25, 0.3) is 5.91 Å². The summed E-state index contributed by atoms with van der Waals surface area (Å²) in [7, 11) is 0. The average Bonchev–Trinajstić information content (AvgIpc) is 4.00. The third-order valence-electron chi connectivity index (χ3n) is 8.74. The minimum Gasteiger partial charge on any atom is -0.493 e. The molecule has 49 heavy (non-hydrogen) atoms. The molecule has 2 fully saturated rings. The SMILES string of the molecule is CSCC[C@@](C)(NC(=O)c1ccc(C)c(OCC2CC2)c1)C(=O)O[C@@H](CC1=C(Cl)CNC=C1Cl)c1ccc(OC(F)F)c(OCC2CC2)c1. The van der Waals surface area contributed by atoms with Crippen LogP contribution in [0.25, 0.3) is 0 Å². The zero-order chi connectivity index (χ0) is 35.1. The summed E-state index contributed by atoms with van der Waals surface area (Å²) in [4.78, 5) is 27.9. The summed E-state index contributed by atoms with van der Waals surface area (Å²) in [5.74, 6) is 0.912. The third kappa shape index (κ3) is 10.4. The Balaban J connectivity index is 1.42. The minimum absolute atomic E-state index is 0.0743. The van der Waals surface area contributed by atoms with E-state index in [1.54, 1.807) is 37.4 Å². The quantitative estimate of drug-likeness (QED) is 0.148. The summed E-state index contributed by atoms with van der Waals surface area (Å²) in [5, 5.41) is 6.70. The Morgan fingerprint density at radius 1 is 1.02 bits per heavy atom. The number of esters is 1. The molecule has 266 valence electrons. The number of thioether (sulfide) groups is 1. The first kappa shape index (κ1) is 37.1. The minimum atomic E-state index is -3.06. The maximum absolute atomic E-state index is 14.2. The van der Waals surface area contributed by atoms with Gasteiger partial charge < -0.3 is 29.6 Å². The van der Waals surface area contributed by atoms with E-state index in [9.17, 15) is 18.4 Å². The predicted octanol–water partition coefficient (Wildman–Crippen LogP) is 8.27. The van der Waals surface area contributed by atoms with Crippen molar-refractivity contribution in [2.75, 3.05) is 31.8 Å². The van der Waals surface area contributed by atoms with Gasteiger partial charge in [0.15, 0.2) is 11.5 Å². The van der Waals surface area contributed by atoms with Crippen LogP contribution in [0.1, 0.15) is 73.0 Å².